The molecule has 0 bridgehead atoms. The third kappa shape index (κ3) is 4.33. The minimum atomic E-state index is -4.53. The molecule has 5 heterocycles. The van der Waals surface area contributed by atoms with E-state index in [9.17, 15) is 13.2 Å². The minimum Gasteiger partial charge on any atom is -0.485 e. The molecular formula is C21H21F3N8O. The number of nitrogens with one attached hydrogen (secondary N) is 1. The summed E-state index contributed by atoms with van der Waals surface area (Å²) < 4.78 is 47.7. The zero-order valence-corrected chi connectivity index (χ0v) is 17.9. The Morgan fingerprint density at radius 1 is 1.09 bits per heavy atom. The highest BCUT2D eigenvalue weighted by Gasteiger charge is 2.32. The summed E-state index contributed by atoms with van der Waals surface area (Å²) in [4.78, 5) is 9.41. The smallest absolute Gasteiger partial charge is 0.434 e. The topological polar surface area (TPSA) is 85.4 Å². The zero-order chi connectivity index (χ0) is 23.2. The largest absolute Gasteiger partial charge is 0.485 e. The van der Waals surface area contributed by atoms with Gasteiger partial charge in [0.15, 0.2) is 17.3 Å². The van der Waals surface area contributed by atoms with E-state index in [1.165, 1.54) is 0 Å². The van der Waals surface area contributed by atoms with E-state index in [0.717, 1.165) is 48.2 Å². The van der Waals surface area contributed by atoms with Crippen LogP contribution in [0.4, 0.5) is 24.8 Å². The van der Waals surface area contributed by atoms with Crippen molar-refractivity contribution in [3.05, 3.63) is 48.7 Å². The predicted octanol–water partition coefficient (Wildman–Crippen LogP) is 3.37. The first-order chi connectivity index (χ1) is 15.8. The molecule has 0 radical (unpaired) electrons. The van der Waals surface area contributed by atoms with Crippen LogP contribution in [0, 0.1) is 0 Å². The lowest BCUT2D eigenvalue weighted by molar-refractivity contribution is -0.141. The number of hydrogen-bond donors (Lipinski definition) is 1. The molecule has 0 amide bonds. The lowest BCUT2D eigenvalue weighted by atomic mass is 10.1. The van der Waals surface area contributed by atoms with Crippen LogP contribution in [0.25, 0.3) is 16.8 Å². The Morgan fingerprint density at radius 3 is 2.64 bits per heavy atom. The molecule has 1 fully saturated rings. The molecule has 0 unspecified atom stereocenters. The van der Waals surface area contributed by atoms with Crippen molar-refractivity contribution in [2.75, 3.05) is 25.5 Å². The molecule has 4 aromatic rings. The lowest BCUT2D eigenvalue weighted by Gasteiger charge is -2.14. The summed E-state index contributed by atoms with van der Waals surface area (Å²) in [6.07, 6.45) is 1.79. The molecule has 1 aliphatic rings. The number of hydrogen-bond acceptors (Lipinski definition) is 7. The number of ether oxygens (including phenoxy) is 1. The second-order valence-corrected chi connectivity index (χ2v) is 8.00. The van der Waals surface area contributed by atoms with E-state index in [-0.39, 0.29) is 11.9 Å². The van der Waals surface area contributed by atoms with Crippen LogP contribution in [0.5, 0.6) is 5.75 Å². The maximum absolute atomic E-state index is 12.7. The second kappa shape index (κ2) is 8.03. The maximum atomic E-state index is 12.7. The van der Waals surface area contributed by atoms with Gasteiger partial charge in [-0.3, -0.25) is 4.68 Å². The third-order valence-electron chi connectivity index (χ3n) is 5.48. The number of aryl methyl sites for hydroxylation is 1. The van der Waals surface area contributed by atoms with Gasteiger partial charge in [-0.15, -0.1) is 0 Å². The van der Waals surface area contributed by atoms with Gasteiger partial charge in [0.05, 0.1) is 24.1 Å². The summed E-state index contributed by atoms with van der Waals surface area (Å²) >= 11 is 0. The summed E-state index contributed by atoms with van der Waals surface area (Å²) in [6, 6.07) is 5.62. The Balaban J connectivity index is 1.38. The van der Waals surface area contributed by atoms with Gasteiger partial charge in [-0.1, -0.05) is 0 Å². The highest BCUT2D eigenvalue weighted by Crippen LogP contribution is 2.32. The number of fused-ring (bicyclic) bond motifs is 1. The number of nitrogens with zero attached hydrogens (tertiary/aromatic N) is 7. The first-order valence-electron chi connectivity index (χ1n) is 10.3. The van der Waals surface area contributed by atoms with Gasteiger partial charge in [0.25, 0.3) is 0 Å². The van der Waals surface area contributed by atoms with Crippen LogP contribution in [0.1, 0.15) is 12.1 Å². The predicted molar refractivity (Wildman–Crippen MR) is 114 cm³/mol. The molecule has 1 aliphatic heterocycles. The van der Waals surface area contributed by atoms with Crippen LogP contribution in [0.15, 0.2) is 43.0 Å². The standard InChI is InChI=1S/C21H21F3N8O/c1-30-5-4-15(12-30)33-16-9-27-31(2)20(16)13-3-6-32-14(7-13)8-18(29-32)28-19-11-25-17(10-26-19)21(22,23)24/h3,6-11,15H,4-5,12H2,1-2H3,(H,26,28,29)/t15-/m0/s1. The number of likely N-dealkylation sites (tertiary alicyclic amines) is 1. The Hall–Kier alpha value is -3.67. The van der Waals surface area contributed by atoms with Gasteiger partial charge < -0.3 is 15.0 Å². The summed E-state index contributed by atoms with van der Waals surface area (Å²) in [7, 11) is 3.93. The van der Waals surface area contributed by atoms with Crippen molar-refractivity contribution in [1.82, 2.24) is 34.3 Å². The van der Waals surface area contributed by atoms with Crippen LogP contribution in [-0.2, 0) is 13.2 Å². The van der Waals surface area contributed by atoms with Crippen LogP contribution in [0.2, 0.25) is 0 Å². The molecule has 9 nitrogen and oxygen atoms in total. The highest BCUT2D eigenvalue weighted by atomic mass is 19.4. The Kier molecular flexibility index (Phi) is 5.16. The average Bonchev–Trinajstić information content (AvgIpc) is 3.46. The number of halogens is 3. The van der Waals surface area contributed by atoms with Crippen molar-refractivity contribution in [2.24, 2.45) is 7.05 Å². The molecule has 0 aromatic carbocycles. The van der Waals surface area contributed by atoms with Gasteiger partial charge >= 0.3 is 6.18 Å². The van der Waals surface area contributed by atoms with Crippen LogP contribution in [-0.4, -0.2) is 60.5 Å². The molecular weight excluding hydrogens is 437 g/mol. The first-order valence-corrected chi connectivity index (χ1v) is 10.3. The van der Waals surface area contributed by atoms with E-state index in [2.05, 4.69) is 37.4 Å². The molecule has 4 aromatic heterocycles. The molecule has 12 heteroatoms. The Morgan fingerprint density at radius 2 is 1.94 bits per heavy atom. The highest BCUT2D eigenvalue weighted by molar-refractivity contribution is 5.72. The number of anilines is 2. The second-order valence-electron chi connectivity index (χ2n) is 8.00. The maximum Gasteiger partial charge on any atom is 0.434 e. The fourth-order valence-electron chi connectivity index (χ4n) is 3.88. The van der Waals surface area contributed by atoms with E-state index in [0.29, 0.717) is 12.0 Å². The molecule has 5 rings (SSSR count). The zero-order valence-electron chi connectivity index (χ0n) is 17.9. The third-order valence-corrected chi connectivity index (χ3v) is 5.48. The van der Waals surface area contributed by atoms with Gasteiger partial charge in [-0.05, 0) is 25.6 Å². The molecule has 172 valence electrons. The fraction of sp³-hybridized carbons (Fsp3) is 0.333. The van der Waals surface area contributed by atoms with Crippen LogP contribution >= 0.6 is 0 Å². The van der Waals surface area contributed by atoms with E-state index >= 15 is 0 Å². The lowest BCUT2D eigenvalue weighted by Crippen LogP contribution is -2.21. The van der Waals surface area contributed by atoms with E-state index in [4.69, 9.17) is 4.74 Å². The molecule has 33 heavy (non-hydrogen) atoms. The van der Waals surface area contributed by atoms with Gasteiger partial charge in [0, 0.05) is 38.0 Å². The van der Waals surface area contributed by atoms with Crippen molar-refractivity contribution in [3.8, 4) is 17.0 Å². The quantitative estimate of drug-likeness (QED) is 0.491. The summed E-state index contributed by atoms with van der Waals surface area (Å²) in [5.41, 5.74) is 1.50. The Labute approximate surface area is 186 Å². The monoisotopic (exact) mass is 458 g/mol. The molecule has 1 N–H and O–H groups in total. The number of aromatic nitrogens is 6. The van der Waals surface area contributed by atoms with Crippen LogP contribution in [0.3, 0.4) is 0 Å². The molecule has 1 atom stereocenters. The van der Waals surface area contributed by atoms with Crippen molar-refractivity contribution in [2.45, 2.75) is 18.7 Å². The number of likely N-dealkylation sites (N-methyl/N-ethyl adjacent to an activating group) is 1. The molecule has 0 spiro atoms. The summed E-state index contributed by atoms with van der Waals surface area (Å²) in [5, 5.41) is 11.6. The summed E-state index contributed by atoms with van der Waals surface area (Å²) in [5.74, 6) is 1.31. The van der Waals surface area contributed by atoms with Gasteiger partial charge in [-0.25, -0.2) is 14.5 Å². The van der Waals surface area contributed by atoms with Crippen molar-refractivity contribution in [3.63, 3.8) is 0 Å². The van der Waals surface area contributed by atoms with Gasteiger partial charge in [0.1, 0.15) is 17.6 Å². The SMILES string of the molecule is CN1CC[C@H](Oc2cnn(C)c2-c2ccn3nc(Nc4cnc(C(F)(F)F)cn4)cc3c2)C1. The van der Waals surface area contributed by atoms with E-state index in [1.807, 2.05) is 19.2 Å². The number of alkyl halides is 3. The molecule has 1 saturated heterocycles. The fourth-order valence-corrected chi connectivity index (χ4v) is 3.88. The first kappa shape index (κ1) is 21.2. The number of rotatable bonds is 5. The van der Waals surface area contributed by atoms with E-state index in [1.54, 1.807) is 27.7 Å². The van der Waals surface area contributed by atoms with E-state index < -0.39 is 11.9 Å². The van der Waals surface area contributed by atoms with Crippen molar-refractivity contribution < 1.29 is 17.9 Å². The summed E-state index contributed by atoms with van der Waals surface area (Å²) in [6.45, 7) is 1.87. The van der Waals surface area contributed by atoms with Gasteiger partial charge in [-0.2, -0.15) is 23.4 Å². The average molecular weight is 458 g/mol. The molecule has 0 saturated carbocycles. The van der Waals surface area contributed by atoms with Crippen molar-refractivity contribution >= 4 is 17.2 Å². The van der Waals surface area contributed by atoms with Gasteiger partial charge in [0.2, 0.25) is 0 Å². The van der Waals surface area contributed by atoms with Crippen LogP contribution < -0.4 is 10.1 Å². The Bertz CT molecular complexity index is 1280. The van der Waals surface area contributed by atoms with Crippen molar-refractivity contribution in [1.29, 1.82) is 0 Å². The minimum absolute atomic E-state index is 0.122. The molecule has 0 aliphatic carbocycles. The normalized spacial score (nSPS) is 17.1. The number of pyridine rings is 1.